The SMILES string of the molecule is CNC(c1cc(C)nc(C)c1)c1cc2cc(C)ccc2o1. The van der Waals surface area contributed by atoms with Gasteiger partial charge in [0.05, 0.1) is 6.04 Å². The maximum atomic E-state index is 6.03. The number of furan rings is 1. The molecule has 1 aromatic carbocycles. The number of aromatic nitrogens is 1. The first kappa shape index (κ1) is 13.8. The van der Waals surface area contributed by atoms with Crippen LogP contribution in [0.1, 0.15) is 34.3 Å². The van der Waals surface area contributed by atoms with Crippen LogP contribution in [0.2, 0.25) is 0 Å². The fourth-order valence-corrected chi connectivity index (χ4v) is 2.83. The molecule has 1 N–H and O–H groups in total. The Kier molecular flexibility index (Phi) is 3.52. The van der Waals surface area contributed by atoms with Crippen molar-refractivity contribution in [3.05, 3.63) is 64.7 Å². The van der Waals surface area contributed by atoms with Crippen LogP contribution in [0.3, 0.4) is 0 Å². The van der Waals surface area contributed by atoms with Gasteiger partial charge in [0.2, 0.25) is 0 Å². The summed E-state index contributed by atoms with van der Waals surface area (Å²) in [5, 5.41) is 4.49. The fourth-order valence-electron chi connectivity index (χ4n) is 2.83. The maximum Gasteiger partial charge on any atom is 0.134 e. The summed E-state index contributed by atoms with van der Waals surface area (Å²) in [5.41, 5.74) is 5.40. The molecule has 0 saturated heterocycles. The molecule has 2 aromatic heterocycles. The van der Waals surface area contributed by atoms with Crippen molar-refractivity contribution in [2.45, 2.75) is 26.8 Å². The van der Waals surface area contributed by atoms with E-state index in [1.165, 1.54) is 11.1 Å². The first-order chi connectivity index (χ1) is 10.1. The van der Waals surface area contributed by atoms with Crippen LogP contribution in [-0.4, -0.2) is 12.0 Å². The zero-order valence-corrected chi connectivity index (χ0v) is 12.9. The van der Waals surface area contributed by atoms with Gasteiger partial charge in [-0.3, -0.25) is 4.98 Å². The number of nitrogens with one attached hydrogen (secondary N) is 1. The molecule has 0 amide bonds. The van der Waals surface area contributed by atoms with Crippen LogP contribution in [0.25, 0.3) is 11.0 Å². The Morgan fingerprint density at radius 1 is 1.00 bits per heavy atom. The molecule has 0 aliphatic carbocycles. The summed E-state index contributed by atoms with van der Waals surface area (Å²) in [5.74, 6) is 0.933. The minimum Gasteiger partial charge on any atom is -0.459 e. The van der Waals surface area contributed by atoms with E-state index >= 15 is 0 Å². The van der Waals surface area contributed by atoms with Crippen molar-refractivity contribution in [1.82, 2.24) is 10.3 Å². The lowest BCUT2D eigenvalue weighted by Crippen LogP contribution is -2.17. The summed E-state index contributed by atoms with van der Waals surface area (Å²) >= 11 is 0. The van der Waals surface area contributed by atoms with Gasteiger partial charge in [-0.05, 0) is 63.7 Å². The molecule has 0 bridgehead atoms. The Morgan fingerprint density at radius 2 is 1.71 bits per heavy atom. The van der Waals surface area contributed by atoms with E-state index in [2.05, 4.69) is 47.6 Å². The van der Waals surface area contributed by atoms with Crippen molar-refractivity contribution in [3.8, 4) is 0 Å². The Balaban J connectivity index is 2.08. The molecule has 0 radical (unpaired) electrons. The highest BCUT2D eigenvalue weighted by atomic mass is 16.3. The average molecular weight is 280 g/mol. The minimum absolute atomic E-state index is 0.0399. The van der Waals surface area contributed by atoms with Crippen molar-refractivity contribution in [3.63, 3.8) is 0 Å². The number of hydrogen-bond donors (Lipinski definition) is 1. The van der Waals surface area contributed by atoms with Gasteiger partial charge in [-0.25, -0.2) is 0 Å². The molecule has 1 unspecified atom stereocenters. The Labute approximate surface area is 125 Å². The van der Waals surface area contributed by atoms with Gasteiger partial charge in [0.15, 0.2) is 0 Å². The van der Waals surface area contributed by atoms with E-state index in [-0.39, 0.29) is 6.04 Å². The summed E-state index contributed by atoms with van der Waals surface area (Å²) < 4.78 is 6.03. The third-order valence-corrected chi connectivity index (χ3v) is 3.70. The largest absolute Gasteiger partial charge is 0.459 e. The fraction of sp³-hybridized carbons (Fsp3) is 0.278. The second-order valence-electron chi connectivity index (χ2n) is 5.59. The summed E-state index contributed by atoms with van der Waals surface area (Å²) in [6.45, 7) is 6.13. The van der Waals surface area contributed by atoms with Gasteiger partial charge < -0.3 is 9.73 Å². The summed E-state index contributed by atoms with van der Waals surface area (Å²) in [4.78, 5) is 4.44. The molecular formula is C18H20N2O. The molecule has 0 saturated carbocycles. The number of hydrogen-bond acceptors (Lipinski definition) is 3. The highest BCUT2D eigenvalue weighted by Crippen LogP contribution is 2.29. The van der Waals surface area contributed by atoms with E-state index in [1.807, 2.05) is 27.0 Å². The molecule has 0 aliphatic rings. The van der Waals surface area contributed by atoms with Crippen LogP contribution in [0.4, 0.5) is 0 Å². The van der Waals surface area contributed by atoms with Gasteiger partial charge in [-0.2, -0.15) is 0 Å². The molecule has 1 atom stereocenters. The normalized spacial score (nSPS) is 12.8. The number of nitrogens with zero attached hydrogens (tertiary/aromatic N) is 1. The third kappa shape index (κ3) is 2.69. The van der Waals surface area contributed by atoms with Gasteiger partial charge in [-0.1, -0.05) is 11.6 Å². The smallest absolute Gasteiger partial charge is 0.134 e. The minimum atomic E-state index is 0.0399. The van der Waals surface area contributed by atoms with E-state index < -0.39 is 0 Å². The zero-order valence-electron chi connectivity index (χ0n) is 12.9. The van der Waals surface area contributed by atoms with Crippen molar-refractivity contribution >= 4 is 11.0 Å². The molecule has 3 aromatic rings. The number of benzene rings is 1. The van der Waals surface area contributed by atoms with Crippen LogP contribution in [0.5, 0.6) is 0 Å². The predicted molar refractivity (Wildman–Crippen MR) is 85.6 cm³/mol. The van der Waals surface area contributed by atoms with Crippen molar-refractivity contribution in [2.24, 2.45) is 0 Å². The van der Waals surface area contributed by atoms with Crippen LogP contribution in [0.15, 0.2) is 40.8 Å². The van der Waals surface area contributed by atoms with E-state index in [9.17, 15) is 0 Å². The highest BCUT2D eigenvalue weighted by molar-refractivity contribution is 5.79. The maximum absolute atomic E-state index is 6.03. The average Bonchev–Trinajstić information content (AvgIpc) is 2.81. The monoisotopic (exact) mass is 280 g/mol. The molecule has 0 spiro atoms. The quantitative estimate of drug-likeness (QED) is 0.786. The van der Waals surface area contributed by atoms with Gasteiger partial charge in [-0.15, -0.1) is 0 Å². The standard InChI is InChI=1S/C18H20N2O/c1-11-5-6-16-14(7-11)10-17(21-16)18(19-4)15-8-12(2)20-13(3)9-15/h5-10,18-19H,1-4H3. The third-order valence-electron chi connectivity index (χ3n) is 3.70. The first-order valence-corrected chi connectivity index (χ1v) is 7.19. The molecular weight excluding hydrogens is 260 g/mol. The van der Waals surface area contributed by atoms with Crippen molar-refractivity contribution in [2.75, 3.05) is 7.05 Å². The summed E-state index contributed by atoms with van der Waals surface area (Å²) in [7, 11) is 1.95. The van der Waals surface area contributed by atoms with Crippen LogP contribution in [-0.2, 0) is 0 Å². The Hall–Kier alpha value is -2.13. The van der Waals surface area contributed by atoms with Crippen molar-refractivity contribution in [1.29, 1.82) is 0 Å². The molecule has 21 heavy (non-hydrogen) atoms. The van der Waals surface area contributed by atoms with Gasteiger partial charge in [0.1, 0.15) is 11.3 Å². The van der Waals surface area contributed by atoms with E-state index in [1.54, 1.807) is 0 Å². The number of pyridine rings is 1. The predicted octanol–water partition coefficient (Wildman–Crippen LogP) is 4.06. The highest BCUT2D eigenvalue weighted by Gasteiger charge is 2.17. The van der Waals surface area contributed by atoms with Crippen molar-refractivity contribution < 1.29 is 4.42 Å². The summed E-state index contributed by atoms with van der Waals surface area (Å²) in [6, 6.07) is 12.6. The molecule has 3 rings (SSSR count). The number of aryl methyl sites for hydroxylation is 3. The Bertz CT molecular complexity index is 769. The number of fused-ring (bicyclic) bond motifs is 1. The summed E-state index contributed by atoms with van der Waals surface area (Å²) in [6.07, 6.45) is 0. The molecule has 0 fully saturated rings. The second-order valence-corrected chi connectivity index (χ2v) is 5.59. The number of rotatable bonds is 3. The van der Waals surface area contributed by atoms with E-state index in [4.69, 9.17) is 4.42 Å². The van der Waals surface area contributed by atoms with Crippen LogP contribution >= 0.6 is 0 Å². The molecule has 3 nitrogen and oxygen atoms in total. The van der Waals surface area contributed by atoms with Gasteiger partial charge >= 0.3 is 0 Å². The lowest BCUT2D eigenvalue weighted by molar-refractivity contribution is 0.491. The van der Waals surface area contributed by atoms with E-state index in [0.29, 0.717) is 0 Å². The zero-order chi connectivity index (χ0) is 15.0. The van der Waals surface area contributed by atoms with Gasteiger partial charge in [0.25, 0.3) is 0 Å². The first-order valence-electron chi connectivity index (χ1n) is 7.19. The second kappa shape index (κ2) is 5.34. The van der Waals surface area contributed by atoms with E-state index in [0.717, 1.165) is 28.1 Å². The molecule has 0 aliphatic heterocycles. The van der Waals surface area contributed by atoms with Gasteiger partial charge in [0, 0.05) is 16.8 Å². The molecule has 2 heterocycles. The van der Waals surface area contributed by atoms with Crippen LogP contribution in [0, 0.1) is 20.8 Å². The molecule has 3 heteroatoms. The topological polar surface area (TPSA) is 38.1 Å². The lowest BCUT2D eigenvalue weighted by Gasteiger charge is -2.15. The lowest BCUT2D eigenvalue weighted by atomic mass is 10.0. The Morgan fingerprint density at radius 3 is 2.38 bits per heavy atom. The molecule has 108 valence electrons. The van der Waals surface area contributed by atoms with Crippen LogP contribution < -0.4 is 5.32 Å².